The van der Waals surface area contributed by atoms with E-state index in [0.717, 1.165) is 0 Å². The van der Waals surface area contributed by atoms with Crippen LogP contribution in [0.1, 0.15) is 0 Å². The highest BCUT2D eigenvalue weighted by Gasteiger charge is 2.19. The number of phenols is 1. The molecule has 34 heavy (non-hydrogen) atoms. The van der Waals surface area contributed by atoms with Gasteiger partial charge in [0.2, 0.25) is 0 Å². The van der Waals surface area contributed by atoms with Crippen LogP contribution in [0.25, 0.3) is 43.6 Å². The molecule has 0 radical (unpaired) electrons. The van der Waals surface area contributed by atoms with Crippen molar-refractivity contribution in [1.29, 1.82) is 0 Å². The molecule has 0 aliphatic carbocycles. The van der Waals surface area contributed by atoms with Crippen LogP contribution in [-0.2, 0) is 0 Å². The molecule has 0 aliphatic heterocycles. The number of rotatable bonds is 4. The largest absolute Gasteiger partial charge is 0.511 e. The van der Waals surface area contributed by atoms with Crippen molar-refractivity contribution in [3.05, 3.63) is 88.5 Å². The summed E-state index contributed by atoms with van der Waals surface area (Å²) in [5.41, 5.74) is 2.99. The molecular weight excluding hydrogens is 454 g/mol. The lowest BCUT2D eigenvalue weighted by Crippen LogP contribution is -2.08. The molecule has 0 bridgehead atoms. The molecule has 8 heteroatoms. The molecule has 2 aromatic heterocycles. The fraction of sp³-hybridized carbons (Fsp3) is 0. The van der Waals surface area contributed by atoms with Gasteiger partial charge in [0.1, 0.15) is 22.1 Å². The number of aromatic hydroxyl groups is 2. The Labute approximate surface area is 196 Å². The summed E-state index contributed by atoms with van der Waals surface area (Å²) in [6.07, 6.45) is -1.40. The molecule has 5 rings (SSSR count). The van der Waals surface area contributed by atoms with Crippen molar-refractivity contribution >= 4 is 27.7 Å². The maximum atomic E-state index is 12.6. The Balaban J connectivity index is 1.58. The highest BCUT2D eigenvalue weighted by molar-refractivity contribution is 7.17. The van der Waals surface area contributed by atoms with Gasteiger partial charge in [-0.1, -0.05) is 54.6 Å². The number of aromatic amines is 1. The highest BCUT2D eigenvalue weighted by atomic mass is 32.1. The van der Waals surface area contributed by atoms with Gasteiger partial charge in [0.25, 0.3) is 5.56 Å². The molecule has 0 aliphatic rings. The van der Waals surface area contributed by atoms with Gasteiger partial charge in [-0.2, -0.15) is 0 Å². The lowest BCUT2D eigenvalue weighted by atomic mass is 9.97. The summed E-state index contributed by atoms with van der Waals surface area (Å²) in [4.78, 5) is 26.7. The molecule has 0 amide bonds. The van der Waals surface area contributed by atoms with Crippen LogP contribution in [0.5, 0.6) is 17.2 Å². The van der Waals surface area contributed by atoms with Crippen LogP contribution in [0, 0.1) is 0 Å². The van der Waals surface area contributed by atoms with Crippen LogP contribution in [0.3, 0.4) is 0 Å². The zero-order valence-corrected chi connectivity index (χ0v) is 18.3. The monoisotopic (exact) mass is 471 g/mol. The molecule has 2 heterocycles. The normalized spacial score (nSPS) is 10.9. The number of carboxylic acid groups (broad SMARTS) is 1. The van der Waals surface area contributed by atoms with Gasteiger partial charge >= 0.3 is 6.16 Å². The number of aromatic nitrogens is 1. The predicted molar refractivity (Wildman–Crippen MR) is 131 cm³/mol. The lowest BCUT2D eigenvalue weighted by molar-refractivity contribution is 0.144. The van der Waals surface area contributed by atoms with Gasteiger partial charge in [-0.3, -0.25) is 4.79 Å². The number of carbonyl (C=O) groups is 1. The van der Waals surface area contributed by atoms with Crippen molar-refractivity contribution < 1.29 is 24.9 Å². The number of hydrogen-bond donors (Lipinski definition) is 4. The number of pyridine rings is 1. The Morgan fingerprint density at radius 3 is 2.24 bits per heavy atom. The standard InChI is InChI=1S/C26H17NO6S/c28-20-12-16(8-11-18(20)14-6-9-17(10-7-14)33-26(31)32)19-13-34-25-22(19)23(29)21(24(30)27-25)15-4-2-1-3-5-15/h1-13,28H,(H,31,32)(H2,27,29,30). The maximum Gasteiger partial charge on any atom is 0.511 e. The van der Waals surface area contributed by atoms with E-state index in [4.69, 9.17) is 5.11 Å². The fourth-order valence-electron chi connectivity index (χ4n) is 3.91. The van der Waals surface area contributed by atoms with E-state index in [1.807, 2.05) is 17.5 Å². The highest BCUT2D eigenvalue weighted by Crippen LogP contribution is 2.43. The van der Waals surface area contributed by atoms with Crippen molar-refractivity contribution in [3.8, 4) is 50.6 Å². The first-order chi connectivity index (χ1) is 16.4. The number of fused-ring (bicyclic) bond motifs is 1. The average molecular weight is 471 g/mol. The third kappa shape index (κ3) is 3.76. The number of ether oxygens (including phenoxy) is 1. The summed E-state index contributed by atoms with van der Waals surface area (Å²) >= 11 is 1.29. The first-order valence-electron chi connectivity index (χ1n) is 10.2. The van der Waals surface area contributed by atoms with E-state index in [9.17, 15) is 19.8 Å². The maximum absolute atomic E-state index is 12.6. The van der Waals surface area contributed by atoms with Crippen LogP contribution in [-0.4, -0.2) is 26.5 Å². The summed E-state index contributed by atoms with van der Waals surface area (Å²) in [5, 5.41) is 32.8. The second-order valence-corrected chi connectivity index (χ2v) is 8.40. The summed E-state index contributed by atoms with van der Waals surface area (Å²) in [6, 6.07) is 20.4. The second-order valence-electron chi connectivity index (χ2n) is 7.52. The van der Waals surface area contributed by atoms with Crippen molar-refractivity contribution in [3.63, 3.8) is 0 Å². The number of hydrogen-bond acceptors (Lipinski definition) is 6. The van der Waals surface area contributed by atoms with Crippen LogP contribution in [0.2, 0.25) is 0 Å². The van der Waals surface area contributed by atoms with Crippen molar-refractivity contribution in [2.45, 2.75) is 0 Å². The van der Waals surface area contributed by atoms with E-state index in [1.165, 1.54) is 23.5 Å². The molecule has 4 N–H and O–H groups in total. The number of thiophene rings is 1. The van der Waals surface area contributed by atoms with Crippen LogP contribution in [0.4, 0.5) is 4.79 Å². The molecule has 0 spiro atoms. The minimum atomic E-state index is -1.40. The third-order valence-electron chi connectivity index (χ3n) is 5.46. The quantitative estimate of drug-likeness (QED) is 0.187. The SMILES string of the molecule is O=C(O)Oc1ccc(-c2ccc(-c3csc4[nH]c(=O)c(-c5ccccc5)c(O)c34)cc2O)cc1. The van der Waals surface area contributed by atoms with E-state index in [1.54, 1.807) is 48.5 Å². The van der Waals surface area contributed by atoms with E-state index >= 15 is 0 Å². The van der Waals surface area contributed by atoms with Gasteiger partial charge < -0.3 is 25.0 Å². The van der Waals surface area contributed by atoms with Crippen LogP contribution < -0.4 is 10.3 Å². The Bertz CT molecular complexity index is 1590. The number of nitrogens with one attached hydrogen (secondary N) is 1. The molecule has 0 saturated carbocycles. The minimum Gasteiger partial charge on any atom is -0.507 e. The first kappa shape index (κ1) is 21.3. The average Bonchev–Trinajstić information content (AvgIpc) is 3.24. The molecule has 0 atom stereocenters. The van der Waals surface area contributed by atoms with E-state index in [2.05, 4.69) is 9.72 Å². The Morgan fingerprint density at radius 1 is 0.853 bits per heavy atom. The number of benzene rings is 3. The van der Waals surface area contributed by atoms with Gasteiger partial charge in [-0.15, -0.1) is 11.3 Å². The summed E-state index contributed by atoms with van der Waals surface area (Å²) in [7, 11) is 0. The zero-order chi connectivity index (χ0) is 23.8. The first-order valence-corrected chi connectivity index (χ1v) is 11.1. The zero-order valence-electron chi connectivity index (χ0n) is 17.5. The fourth-order valence-corrected chi connectivity index (χ4v) is 4.88. The van der Waals surface area contributed by atoms with Gasteiger partial charge in [0.15, 0.2) is 0 Å². The molecule has 0 saturated heterocycles. The molecule has 168 valence electrons. The molecule has 0 fully saturated rings. The van der Waals surface area contributed by atoms with E-state index in [0.29, 0.717) is 38.0 Å². The van der Waals surface area contributed by atoms with Crippen molar-refractivity contribution in [2.24, 2.45) is 0 Å². The molecule has 0 unspecified atom stereocenters. The topological polar surface area (TPSA) is 120 Å². The van der Waals surface area contributed by atoms with Crippen molar-refractivity contribution in [2.75, 3.05) is 0 Å². The molecule has 3 aromatic carbocycles. The molecule has 7 nitrogen and oxygen atoms in total. The number of phenolic OH excluding ortho intramolecular Hbond substituents is 1. The lowest BCUT2D eigenvalue weighted by Gasteiger charge is -2.10. The van der Waals surface area contributed by atoms with Crippen LogP contribution in [0.15, 0.2) is 83.0 Å². The van der Waals surface area contributed by atoms with Gasteiger partial charge in [0, 0.05) is 16.5 Å². The van der Waals surface area contributed by atoms with Gasteiger partial charge in [-0.05, 0) is 34.9 Å². The third-order valence-corrected chi connectivity index (χ3v) is 6.36. The van der Waals surface area contributed by atoms with E-state index in [-0.39, 0.29) is 28.4 Å². The summed E-state index contributed by atoms with van der Waals surface area (Å²) in [5.74, 6) is 0.0746. The van der Waals surface area contributed by atoms with Crippen LogP contribution >= 0.6 is 11.3 Å². The molecular formula is C26H17NO6S. The Kier molecular flexibility index (Phi) is 5.27. The smallest absolute Gasteiger partial charge is 0.507 e. The summed E-state index contributed by atoms with van der Waals surface area (Å²) in [6.45, 7) is 0. The predicted octanol–water partition coefficient (Wildman–Crippen LogP) is 6.06. The minimum absolute atomic E-state index is 0.0101. The van der Waals surface area contributed by atoms with Gasteiger partial charge in [0.05, 0.1) is 10.9 Å². The van der Waals surface area contributed by atoms with Crippen molar-refractivity contribution in [1.82, 2.24) is 4.98 Å². The molecule has 5 aromatic rings. The Hall–Kier alpha value is -4.56. The Morgan fingerprint density at radius 2 is 1.56 bits per heavy atom. The van der Waals surface area contributed by atoms with E-state index < -0.39 is 6.16 Å². The number of H-pyrrole nitrogens is 1. The second kappa shape index (κ2) is 8.42. The summed E-state index contributed by atoms with van der Waals surface area (Å²) < 4.78 is 4.61. The van der Waals surface area contributed by atoms with Gasteiger partial charge in [-0.25, -0.2) is 4.79 Å².